The van der Waals surface area contributed by atoms with Gasteiger partial charge < -0.3 is 4.90 Å². The predicted octanol–water partition coefficient (Wildman–Crippen LogP) is 5.67. The number of hydrogen-bond acceptors (Lipinski definition) is 1. The number of hydrogen-bond donors (Lipinski definition) is 0. The first-order valence-corrected chi connectivity index (χ1v) is 9.72. The molecule has 2 nitrogen and oxygen atoms in total. The first kappa shape index (κ1) is 16.3. The summed E-state index contributed by atoms with van der Waals surface area (Å²) in [6.45, 7) is 4.45. The molecule has 2 aliphatic heterocycles. The second kappa shape index (κ2) is 6.09. The Labute approximate surface area is 160 Å². The first-order chi connectivity index (χ1) is 13.1. The third kappa shape index (κ3) is 2.43. The molecule has 0 bridgehead atoms. The van der Waals surface area contributed by atoms with Crippen molar-refractivity contribution in [2.45, 2.75) is 32.2 Å². The lowest BCUT2D eigenvalue weighted by Crippen LogP contribution is -2.39. The molecular weight excluding hydrogens is 330 g/mol. The smallest absolute Gasteiger partial charge is 0.259 e. The number of nitrogens with zero attached hydrogens (tertiary/aromatic N) is 1. The standard InChI is InChI=1S/C25H23NO/c1-16-12-13-23-22(14-16)21(15-18-8-4-3-5-9-18)17(2)24-19-10-6-7-11-20(19)25(27)26(23)24/h3-14,17,21,24H,15H2,1-2H3/t17-,21+,24+/m1/s1. The summed E-state index contributed by atoms with van der Waals surface area (Å²) in [5, 5.41) is 0. The Balaban J connectivity index is 1.68. The van der Waals surface area contributed by atoms with E-state index in [0.29, 0.717) is 11.8 Å². The van der Waals surface area contributed by atoms with Crippen LogP contribution >= 0.6 is 0 Å². The van der Waals surface area contributed by atoms with Gasteiger partial charge >= 0.3 is 0 Å². The van der Waals surface area contributed by atoms with Crippen molar-refractivity contribution in [1.29, 1.82) is 0 Å². The van der Waals surface area contributed by atoms with E-state index < -0.39 is 0 Å². The maximum atomic E-state index is 13.2. The largest absolute Gasteiger partial charge is 0.300 e. The monoisotopic (exact) mass is 353 g/mol. The van der Waals surface area contributed by atoms with Gasteiger partial charge in [0.05, 0.1) is 6.04 Å². The van der Waals surface area contributed by atoms with Crippen LogP contribution in [-0.2, 0) is 6.42 Å². The highest BCUT2D eigenvalue weighted by Crippen LogP contribution is 2.53. The molecule has 0 saturated heterocycles. The van der Waals surface area contributed by atoms with Crippen molar-refractivity contribution in [1.82, 2.24) is 0 Å². The van der Waals surface area contributed by atoms with Crippen LogP contribution in [0.15, 0.2) is 72.8 Å². The van der Waals surface area contributed by atoms with Gasteiger partial charge in [-0.3, -0.25) is 4.79 Å². The van der Waals surface area contributed by atoms with Crippen LogP contribution in [0.25, 0.3) is 0 Å². The van der Waals surface area contributed by atoms with Crippen LogP contribution in [-0.4, -0.2) is 5.91 Å². The molecule has 0 aliphatic carbocycles. The third-order valence-corrected chi connectivity index (χ3v) is 6.28. The molecule has 0 radical (unpaired) electrons. The minimum atomic E-state index is 0.123. The van der Waals surface area contributed by atoms with Crippen molar-refractivity contribution >= 4 is 11.6 Å². The fourth-order valence-corrected chi connectivity index (χ4v) is 4.98. The number of rotatable bonds is 2. The SMILES string of the molecule is Cc1ccc2c(c1)[C@@H](Cc1ccccc1)[C@@H](C)[C@H]1c3ccccc3C(=O)N21. The Bertz CT molecular complexity index is 1020. The van der Waals surface area contributed by atoms with Gasteiger partial charge in [-0.05, 0) is 54.0 Å². The minimum Gasteiger partial charge on any atom is -0.300 e. The molecule has 0 saturated carbocycles. The molecule has 134 valence electrons. The summed E-state index contributed by atoms with van der Waals surface area (Å²) in [6.07, 6.45) is 0.999. The van der Waals surface area contributed by atoms with Crippen LogP contribution in [0.2, 0.25) is 0 Å². The molecule has 2 aliphatic rings. The number of anilines is 1. The second-order valence-corrected chi connectivity index (χ2v) is 7.92. The number of aryl methyl sites for hydroxylation is 1. The quantitative estimate of drug-likeness (QED) is 0.581. The molecule has 1 amide bonds. The number of amides is 1. The van der Waals surface area contributed by atoms with E-state index >= 15 is 0 Å². The number of fused-ring (bicyclic) bond motifs is 5. The molecule has 2 heterocycles. The molecule has 3 aromatic rings. The maximum absolute atomic E-state index is 13.2. The maximum Gasteiger partial charge on any atom is 0.259 e. The predicted molar refractivity (Wildman–Crippen MR) is 109 cm³/mol. The Hall–Kier alpha value is -2.87. The number of benzene rings is 3. The van der Waals surface area contributed by atoms with Crippen LogP contribution in [0.3, 0.4) is 0 Å². The molecule has 3 aromatic carbocycles. The molecule has 0 spiro atoms. The lowest BCUT2D eigenvalue weighted by molar-refractivity contribution is 0.0980. The fraction of sp³-hybridized carbons (Fsp3) is 0.240. The highest BCUT2D eigenvalue weighted by Gasteiger charge is 2.47. The van der Waals surface area contributed by atoms with Crippen LogP contribution in [0, 0.1) is 12.8 Å². The minimum absolute atomic E-state index is 0.123. The van der Waals surface area contributed by atoms with Gasteiger partial charge in [-0.25, -0.2) is 0 Å². The van der Waals surface area contributed by atoms with Crippen LogP contribution < -0.4 is 4.90 Å². The molecule has 0 N–H and O–H groups in total. The van der Waals surface area contributed by atoms with E-state index in [1.54, 1.807) is 0 Å². The molecule has 5 rings (SSSR count). The van der Waals surface area contributed by atoms with Gasteiger partial charge in [-0.1, -0.05) is 73.2 Å². The summed E-state index contributed by atoms with van der Waals surface area (Å²) in [5.41, 5.74) is 7.05. The van der Waals surface area contributed by atoms with Gasteiger partial charge in [-0.2, -0.15) is 0 Å². The van der Waals surface area contributed by atoms with E-state index in [4.69, 9.17) is 0 Å². The van der Waals surface area contributed by atoms with Gasteiger partial charge in [0.15, 0.2) is 0 Å². The fourth-order valence-electron chi connectivity index (χ4n) is 4.98. The van der Waals surface area contributed by atoms with E-state index in [-0.39, 0.29) is 11.9 Å². The van der Waals surface area contributed by atoms with Gasteiger partial charge in [0.2, 0.25) is 0 Å². The number of carbonyl (C=O) groups is 1. The Morgan fingerprint density at radius 3 is 2.44 bits per heavy atom. The van der Waals surface area contributed by atoms with E-state index in [1.807, 2.05) is 17.0 Å². The first-order valence-electron chi connectivity index (χ1n) is 9.72. The summed E-state index contributed by atoms with van der Waals surface area (Å²) >= 11 is 0. The lowest BCUT2D eigenvalue weighted by Gasteiger charge is -2.42. The Kier molecular flexibility index (Phi) is 3.68. The second-order valence-electron chi connectivity index (χ2n) is 7.92. The molecule has 0 unspecified atom stereocenters. The van der Waals surface area contributed by atoms with Crippen molar-refractivity contribution in [3.05, 3.63) is 101 Å². The van der Waals surface area contributed by atoms with E-state index in [9.17, 15) is 4.79 Å². The Morgan fingerprint density at radius 1 is 0.889 bits per heavy atom. The third-order valence-electron chi connectivity index (χ3n) is 6.28. The van der Waals surface area contributed by atoms with E-state index in [2.05, 4.69) is 74.5 Å². The zero-order valence-corrected chi connectivity index (χ0v) is 15.7. The normalized spacial score (nSPS) is 23.0. The molecule has 0 fully saturated rings. The van der Waals surface area contributed by atoms with E-state index in [0.717, 1.165) is 17.7 Å². The zero-order valence-electron chi connectivity index (χ0n) is 15.7. The summed E-state index contributed by atoms with van der Waals surface area (Å²) in [5.74, 6) is 0.889. The lowest BCUT2D eigenvalue weighted by atomic mass is 9.73. The highest BCUT2D eigenvalue weighted by atomic mass is 16.2. The molecule has 2 heteroatoms. The van der Waals surface area contributed by atoms with Crippen molar-refractivity contribution in [3.8, 4) is 0 Å². The van der Waals surface area contributed by atoms with E-state index in [1.165, 1.54) is 22.3 Å². The molecule has 27 heavy (non-hydrogen) atoms. The average Bonchev–Trinajstić information content (AvgIpc) is 2.99. The average molecular weight is 353 g/mol. The van der Waals surface area contributed by atoms with Gasteiger partial charge in [0.1, 0.15) is 0 Å². The van der Waals surface area contributed by atoms with Crippen LogP contribution in [0.5, 0.6) is 0 Å². The van der Waals surface area contributed by atoms with Crippen LogP contribution in [0.1, 0.15) is 51.5 Å². The van der Waals surface area contributed by atoms with Crippen molar-refractivity contribution in [3.63, 3.8) is 0 Å². The van der Waals surface area contributed by atoms with Crippen molar-refractivity contribution in [2.75, 3.05) is 4.90 Å². The van der Waals surface area contributed by atoms with Crippen LogP contribution in [0.4, 0.5) is 5.69 Å². The summed E-state index contributed by atoms with van der Waals surface area (Å²) in [7, 11) is 0. The summed E-state index contributed by atoms with van der Waals surface area (Å²) in [6, 6.07) is 25.5. The van der Waals surface area contributed by atoms with Gasteiger partial charge in [0, 0.05) is 11.3 Å². The molecule has 0 aromatic heterocycles. The molecule has 3 atom stereocenters. The zero-order chi connectivity index (χ0) is 18.5. The number of carbonyl (C=O) groups excluding carboxylic acids is 1. The Morgan fingerprint density at radius 2 is 1.63 bits per heavy atom. The molecular formula is C25H23NO. The summed E-state index contributed by atoms with van der Waals surface area (Å²) in [4.78, 5) is 15.3. The van der Waals surface area contributed by atoms with Gasteiger partial charge in [-0.15, -0.1) is 0 Å². The summed E-state index contributed by atoms with van der Waals surface area (Å²) < 4.78 is 0. The highest BCUT2D eigenvalue weighted by molar-refractivity contribution is 6.12. The van der Waals surface area contributed by atoms with Crippen molar-refractivity contribution < 1.29 is 4.79 Å². The van der Waals surface area contributed by atoms with Crippen molar-refractivity contribution in [2.24, 2.45) is 5.92 Å². The van der Waals surface area contributed by atoms with Gasteiger partial charge in [0.25, 0.3) is 5.91 Å². The topological polar surface area (TPSA) is 20.3 Å².